The van der Waals surface area contributed by atoms with Crippen LogP contribution in [0.5, 0.6) is 5.75 Å². The van der Waals surface area contributed by atoms with Crippen molar-refractivity contribution in [3.8, 4) is 28.3 Å². The van der Waals surface area contributed by atoms with Crippen LogP contribution in [0.4, 0.5) is 0 Å². The van der Waals surface area contributed by atoms with Crippen molar-refractivity contribution in [3.05, 3.63) is 60.0 Å². The Kier molecular flexibility index (Phi) is 3.20. The van der Waals surface area contributed by atoms with E-state index in [0.717, 1.165) is 16.6 Å². The van der Waals surface area contributed by atoms with E-state index in [-0.39, 0.29) is 5.75 Å². The molecular weight excluding hydrogens is 312 g/mol. The van der Waals surface area contributed by atoms with Crippen molar-refractivity contribution >= 4 is 22.8 Å². The highest BCUT2D eigenvalue weighted by Crippen LogP contribution is 2.34. The number of rotatable bonds is 2. The molecule has 0 saturated carbocycles. The Morgan fingerprint density at radius 2 is 1.78 bits per heavy atom. The van der Waals surface area contributed by atoms with Gasteiger partial charge >= 0.3 is 0 Å². The summed E-state index contributed by atoms with van der Waals surface area (Å²) in [6.07, 6.45) is 3.32. The first-order chi connectivity index (χ1) is 11.2. The van der Waals surface area contributed by atoms with E-state index in [4.69, 9.17) is 11.6 Å². The Morgan fingerprint density at radius 1 is 0.957 bits per heavy atom. The number of aromatic hydroxyl groups is 1. The first-order valence-corrected chi connectivity index (χ1v) is 7.35. The molecule has 0 aliphatic heterocycles. The zero-order chi connectivity index (χ0) is 15.8. The molecule has 0 spiro atoms. The monoisotopic (exact) mass is 322 g/mol. The zero-order valence-corrected chi connectivity index (χ0v) is 12.6. The third-order valence-electron chi connectivity index (χ3n) is 3.58. The number of phenolic OH excluding ortho intramolecular Hbond substituents is 1. The molecule has 0 unspecified atom stereocenters. The van der Waals surface area contributed by atoms with Crippen molar-refractivity contribution in [2.75, 3.05) is 0 Å². The van der Waals surface area contributed by atoms with Gasteiger partial charge < -0.3 is 10.1 Å². The lowest BCUT2D eigenvalue weighted by molar-refractivity contribution is 0.477. The second-order valence-corrected chi connectivity index (χ2v) is 5.39. The maximum atomic E-state index is 10.2. The normalized spacial score (nSPS) is 11.0. The number of halogens is 1. The summed E-state index contributed by atoms with van der Waals surface area (Å²) in [6, 6.07) is 12.7. The van der Waals surface area contributed by atoms with Crippen molar-refractivity contribution in [2.24, 2.45) is 0 Å². The summed E-state index contributed by atoms with van der Waals surface area (Å²) in [5.41, 5.74) is 3.65. The molecule has 0 amide bonds. The van der Waals surface area contributed by atoms with Gasteiger partial charge in [-0.2, -0.15) is 0 Å². The molecule has 0 aliphatic carbocycles. The Morgan fingerprint density at radius 3 is 2.61 bits per heavy atom. The van der Waals surface area contributed by atoms with E-state index < -0.39 is 0 Å². The SMILES string of the molecule is Oc1ccc(-c2cccnc2Cl)cc1-c1nc2ncccc2[nH]1. The highest BCUT2D eigenvalue weighted by Gasteiger charge is 2.13. The number of hydrogen-bond donors (Lipinski definition) is 2. The van der Waals surface area contributed by atoms with Crippen molar-refractivity contribution in [3.63, 3.8) is 0 Å². The van der Waals surface area contributed by atoms with Crippen molar-refractivity contribution in [2.45, 2.75) is 0 Å². The summed E-state index contributed by atoms with van der Waals surface area (Å²) < 4.78 is 0. The number of pyridine rings is 2. The van der Waals surface area contributed by atoms with Gasteiger partial charge in [-0.15, -0.1) is 0 Å². The molecule has 5 nitrogen and oxygen atoms in total. The number of fused-ring (bicyclic) bond motifs is 1. The number of benzene rings is 1. The van der Waals surface area contributed by atoms with Crippen LogP contribution >= 0.6 is 11.6 Å². The fourth-order valence-electron chi connectivity index (χ4n) is 2.47. The standard InChI is InChI=1S/C17H11ClN4O/c18-15-11(3-1-7-19-15)10-5-6-14(23)12(9-10)16-21-13-4-2-8-20-17(13)22-16/h1-9,23H,(H,20,21,22). The number of imidazole rings is 1. The topological polar surface area (TPSA) is 74.7 Å². The minimum absolute atomic E-state index is 0.132. The van der Waals surface area contributed by atoms with E-state index in [9.17, 15) is 5.11 Å². The maximum absolute atomic E-state index is 10.2. The quantitative estimate of drug-likeness (QED) is 0.546. The number of hydrogen-bond acceptors (Lipinski definition) is 4. The third kappa shape index (κ3) is 2.41. The van der Waals surface area contributed by atoms with E-state index in [1.54, 1.807) is 24.5 Å². The lowest BCUT2D eigenvalue weighted by atomic mass is 10.0. The van der Waals surface area contributed by atoms with Gasteiger partial charge in [-0.3, -0.25) is 0 Å². The van der Waals surface area contributed by atoms with Gasteiger partial charge in [-0.05, 0) is 42.0 Å². The number of phenols is 1. The Bertz CT molecular complexity index is 979. The fraction of sp³-hybridized carbons (Fsp3) is 0. The molecule has 112 valence electrons. The smallest absolute Gasteiger partial charge is 0.178 e. The Labute approximate surface area is 136 Å². The van der Waals surface area contributed by atoms with Crippen molar-refractivity contribution in [1.29, 1.82) is 0 Å². The molecule has 0 aliphatic rings. The molecule has 4 rings (SSSR count). The van der Waals surface area contributed by atoms with Gasteiger partial charge in [0.1, 0.15) is 16.7 Å². The molecule has 0 fully saturated rings. The number of aromatic amines is 1. The van der Waals surface area contributed by atoms with Crippen LogP contribution in [-0.2, 0) is 0 Å². The average Bonchev–Trinajstić information content (AvgIpc) is 3.00. The molecule has 3 heterocycles. The van der Waals surface area contributed by atoms with Crippen molar-refractivity contribution < 1.29 is 5.11 Å². The highest BCUT2D eigenvalue weighted by molar-refractivity contribution is 6.32. The lowest BCUT2D eigenvalue weighted by Crippen LogP contribution is -1.86. The summed E-state index contributed by atoms with van der Waals surface area (Å²) in [4.78, 5) is 15.9. The third-order valence-corrected chi connectivity index (χ3v) is 3.88. The minimum atomic E-state index is 0.132. The van der Waals surface area contributed by atoms with Crippen LogP contribution in [-0.4, -0.2) is 25.0 Å². The summed E-state index contributed by atoms with van der Waals surface area (Å²) in [5, 5.41) is 10.6. The summed E-state index contributed by atoms with van der Waals surface area (Å²) in [6.45, 7) is 0. The molecule has 6 heteroatoms. The van der Waals surface area contributed by atoms with Crippen LogP contribution in [0.25, 0.3) is 33.7 Å². The molecule has 0 bridgehead atoms. The molecule has 0 saturated heterocycles. The molecule has 0 radical (unpaired) electrons. The number of nitrogens with zero attached hydrogens (tertiary/aromatic N) is 3. The molecule has 2 N–H and O–H groups in total. The summed E-state index contributed by atoms with van der Waals surface area (Å²) in [5.74, 6) is 0.686. The molecule has 3 aromatic heterocycles. The Balaban J connectivity index is 1.88. The second-order valence-electron chi connectivity index (χ2n) is 5.03. The van der Waals surface area contributed by atoms with Gasteiger partial charge in [0.15, 0.2) is 5.65 Å². The first-order valence-electron chi connectivity index (χ1n) is 6.97. The van der Waals surface area contributed by atoms with E-state index in [0.29, 0.717) is 22.2 Å². The Hall–Kier alpha value is -2.92. The predicted octanol–water partition coefficient (Wildman–Crippen LogP) is 4.05. The van der Waals surface area contributed by atoms with Gasteiger partial charge in [-0.1, -0.05) is 17.7 Å². The summed E-state index contributed by atoms with van der Waals surface area (Å²) in [7, 11) is 0. The first kappa shape index (κ1) is 13.7. The summed E-state index contributed by atoms with van der Waals surface area (Å²) >= 11 is 6.15. The van der Waals surface area contributed by atoms with Gasteiger partial charge in [0.25, 0.3) is 0 Å². The van der Waals surface area contributed by atoms with Crippen LogP contribution < -0.4 is 0 Å². The second kappa shape index (κ2) is 5.37. The van der Waals surface area contributed by atoms with Crippen LogP contribution in [0, 0.1) is 0 Å². The number of nitrogens with one attached hydrogen (secondary N) is 1. The van der Waals surface area contributed by atoms with Crippen molar-refractivity contribution in [1.82, 2.24) is 19.9 Å². The molecule has 1 aromatic carbocycles. The van der Waals surface area contributed by atoms with E-state index >= 15 is 0 Å². The predicted molar refractivity (Wildman–Crippen MR) is 89.2 cm³/mol. The maximum Gasteiger partial charge on any atom is 0.178 e. The molecule has 23 heavy (non-hydrogen) atoms. The molecule has 0 atom stereocenters. The highest BCUT2D eigenvalue weighted by atomic mass is 35.5. The molecule has 4 aromatic rings. The van der Waals surface area contributed by atoms with Crippen LogP contribution in [0.15, 0.2) is 54.9 Å². The average molecular weight is 323 g/mol. The van der Waals surface area contributed by atoms with Crippen LogP contribution in [0.1, 0.15) is 0 Å². The van der Waals surface area contributed by atoms with E-state index in [1.807, 2.05) is 30.3 Å². The van der Waals surface area contributed by atoms with E-state index in [1.165, 1.54) is 0 Å². The number of H-pyrrole nitrogens is 1. The van der Waals surface area contributed by atoms with E-state index in [2.05, 4.69) is 19.9 Å². The minimum Gasteiger partial charge on any atom is -0.507 e. The van der Waals surface area contributed by atoms with Gasteiger partial charge in [0, 0.05) is 18.0 Å². The zero-order valence-electron chi connectivity index (χ0n) is 11.9. The van der Waals surface area contributed by atoms with Crippen LogP contribution in [0.3, 0.4) is 0 Å². The van der Waals surface area contributed by atoms with Gasteiger partial charge in [0.2, 0.25) is 0 Å². The number of aromatic nitrogens is 4. The van der Waals surface area contributed by atoms with Gasteiger partial charge in [0.05, 0.1) is 11.1 Å². The van der Waals surface area contributed by atoms with Gasteiger partial charge in [-0.25, -0.2) is 15.0 Å². The fourth-order valence-corrected chi connectivity index (χ4v) is 2.70. The largest absolute Gasteiger partial charge is 0.507 e. The lowest BCUT2D eigenvalue weighted by Gasteiger charge is -2.07. The molecular formula is C17H11ClN4O. The van der Waals surface area contributed by atoms with Crippen LogP contribution in [0.2, 0.25) is 5.15 Å².